The lowest BCUT2D eigenvalue weighted by Gasteiger charge is -2.51. The van der Waals surface area contributed by atoms with Gasteiger partial charge in [0.1, 0.15) is 0 Å². The maximum Gasteiger partial charge on any atom is 0.252 e. The van der Waals surface area contributed by atoms with Crippen LogP contribution in [-0.4, -0.2) is 17.2 Å². The predicted octanol–water partition coefficient (Wildman–Crippen LogP) is 15.8. The number of benzene rings is 6. The standard InChI is InChI=1S/C65H73BN4/c1-60(2,3)44-20-26-48(27-21-44)68-55-31-24-46(62(7,8)9)37-52(55)66-53-38-47(63(10,11)12)25-32-56(53)69(49-28-22-45(23-29-49)61(4,5)6)58-40-50(39-57(68)59(58)66)70-54-30-19-42(43-18-17-35-67-41-43)36-51(54)64(13)33-15-16-34-65(64,70)14/h17-32,35-41H,15-16,33-34H2,1-14H3. The number of hydrogen-bond acceptors (Lipinski definition) is 4. The molecule has 1 fully saturated rings. The summed E-state index contributed by atoms with van der Waals surface area (Å²) < 4.78 is 0. The molecule has 0 radical (unpaired) electrons. The van der Waals surface area contributed by atoms with Gasteiger partial charge in [-0.05, 0) is 163 Å². The largest absolute Gasteiger partial charge is 0.334 e. The van der Waals surface area contributed by atoms with Gasteiger partial charge in [0.25, 0.3) is 6.71 Å². The van der Waals surface area contributed by atoms with Crippen LogP contribution in [0.3, 0.4) is 0 Å². The SMILES string of the molecule is CC(C)(C)c1ccc(N2c3ccc(C(C)(C)C)cc3B3c4cc(C(C)(C)C)ccc4N(c4ccc(C(C)(C)C)cc4)c4cc(N5c6ccc(-c7cccnc7)cc6C6(C)CCCCC56C)cc2c43)cc1. The Bertz CT molecular complexity index is 3030. The molecule has 2 atom stereocenters. The summed E-state index contributed by atoms with van der Waals surface area (Å²) in [6.45, 7) is 33.2. The van der Waals surface area contributed by atoms with Gasteiger partial charge in [0.2, 0.25) is 0 Å². The average molecular weight is 921 g/mol. The van der Waals surface area contributed by atoms with Crippen molar-refractivity contribution in [3.63, 3.8) is 0 Å². The highest BCUT2D eigenvalue weighted by Crippen LogP contribution is 2.62. The summed E-state index contributed by atoms with van der Waals surface area (Å²) >= 11 is 0. The molecule has 4 heterocycles. The minimum Gasteiger partial charge on any atom is -0.334 e. The van der Waals surface area contributed by atoms with Crippen molar-refractivity contribution in [3.8, 4) is 11.1 Å². The van der Waals surface area contributed by atoms with Crippen LogP contribution in [0.25, 0.3) is 11.1 Å². The molecule has 0 amide bonds. The Morgan fingerprint density at radius 2 is 0.929 bits per heavy atom. The third-order valence-electron chi connectivity index (χ3n) is 17.1. The van der Waals surface area contributed by atoms with Crippen LogP contribution in [0.5, 0.6) is 0 Å². The van der Waals surface area contributed by atoms with Gasteiger partial charge in [0.15, 0.2) is 0 Å². The molecule has 7 aromatic rings. The number of fused-ring (bicyclic) bond motifs is 7. The Hall–Kier alpha value is -6.07. The fraction of sp³-hybridized carbons (Fsp3) is 0.369. The van der Waals surface area contributed by atoms with Crippen LogP contribution in [0, 0.1) is 0 Å². The lowest BCUT2D eigenvalue weighted by Crippen LogP contribution is -2.62. The van der Waals surface area contributed by atoms with Crippen LogP contribution < -0.4 is 31.1 Å². The molecule has 1 saturated carbocycles. The van der Waals surface area contributed by atoms with Crippen LogP contribution in [0.1, 0.15) is 150 Å². The molecule has 3 aliphatic heterocycles. The highest BCUT2D eigenvalue weighted by Gasteiger charge is 2.58. The Morgan fingerprint density at radius 1 is 0.457 bits per heavy atom. The normalized spacial score (nSPS) is 19.6. The first kappa shape index (κ1) is 46.3. The second kappa shape index (κ2) is 15.7. The summed E-state index contributed by atoms with van der Waals surface area (Å²) in [6, 6.07) is 50.5. The summed E-state index contributed by atoms with van der Waals surface area (Å²) in [5.41, 5.74) is 23.0. The summed E-state index contributed by atoms with van der Waals surface area (Å²) in [4.78, 5) is 12.6. The fourth-order valence-electron chi connectivity index (χ4n) is 12.7. The van der Waals surface area contributed by atoms with Crippen molar-refractivity contribution in [3.05, 3.63) is 168 Å². The zero-order chi connectivity index (χ0) is 49.5. The molecule has 1 aromatic heterocycles. The number of anilines is 8. The Kier molecular flexibility index (Phi) is 10.4. The van der Waals surface area contributed by atoms with Crippen molar-refractivity contribution in [2.45, 2.75) is 155 Å². The highest BCUT2D eigenvalue weighted by atomic mass is 15.3. The molecular formula is C65H73BN4. The fourth-order valence-corrected chi connectivity index (χ4v) is 12.7. The van der Waals surface area contributed by atoms with E-state index in [1.54, 1.807) is 0 Å². The first-order chi connectivity index (χ1) is 33.0. The number of nitrogens with zero attached hydrogens (tertiary/aromatic N) is 4. The van der Waals surface area contributed by atoms with Crippen LogP contribution >= 0.6 is 0 Å². The van der Waals surface area contributed by atoms with E-state index in [1.165, 1.54) is 108 Å². The van der Waals surface area contributed by atoms with Crippen LogP contribution in [0.2, 0.25) is 0 Å². The molecule has 4 nitrogen and oxygen atoms in total. The molecule has 5 heteroatoms. The quantitative estimate of drug-likeness (QED) is 0.164. The third-order valence-corrected chi connectivity index (χ3v) is 17.1. The maximum absolute atomic E-state index is 4.54. The monoisotopic (exact) mass is 921 g/mol. The minimum absolute atomic E-state index is 0.00674. The van der Waals surface area contributed by atoms with Gasteiger partial charge >= 0.3 is 0 Å². The van der Waals surface area contributed by atoms with E-state index in [0.717, 1.165) is 18.4 Å². The predicted molar refractivity (Wildman–Crippen MR) is 301 cm³/mol. The lowest BCUT2D eigenvalue weighted by molar-refractivity contribution is 0.195. The van der Waals surface area contributed by atoms with E-state index in [1.807, 2.05) is 12.4 Å². The van der Waals surface area contributed by atoms with Gasteiger partial charge < -0.3 is 14.7 Å². The third kappa shape index (κ3) is 7.18. The molecular weight excluding hydrogens is 848 g/mol. The molecule has 4 aliphatic rings. The highest BCUT2D eigenvalue weighted by molar-refractivity contribution is 7.00. The van der Waals surface area contributed by atoms with Crippen LogP contribution in [0.4, 0.5) is 45.5 Å². The van der Waals surface area contributed by atoms with Gasteiger partial charge in [-0.1, -0.05) is 164 Å². The summed E-state index contributed by atoms with van der Waals surface area (Å²) in [5, 5.41) is 0. The summed E-state index contributed by atoms with van der Waals surface area (Å²) in [5.74, 6) is 0. The molecule has 0 saturated heterocycles. The summed E-state index contributed by atoms with van der Waals surface area (Å²) in [7, 11) is 0. The van der Waals surface area contributed by atoms with Crippen molar-refractivity contribution < 1.29 is 0 Å². The second-order valence-corrected chi connectivity index (χ2v) is 25.8. The molecule has 11 rings (SSSR count). The topological polar surface area (TPSA) is 22.6 Å². The van der Waals surface area contributed by atoms with E-state index in [4.69, 9.17) is 0 Å². The summed E-state index contributed by atoms with van der Waals surface area (Å²) in [6.07, 6.45) is 8.58. The molecule has 6 aromatic carbocycles. The van der Waals surface area contributed by atoms with Crippen molar-refractivity contribution in [1.82, 2.24) is 4.98 Å². The van der Waals surface area contributed by atoms with Crippen LogP contribution in [-0.2, 0) is 27.1 Å². The van der Waals surface area contributed by atoms with Gasteiger partial charge in [0, 0.05) is 63.3 Å². The molecule has 0 N–H and O–H groups in total. The van der Waals surface area contributed by atoms with E-state index in [0.29, 0.717) is 0 Å². The van der Waals surface area contributed by atoms with Gasteiger partial charge in [-0.3, -0.25) is 4.98 Å². The van der Waals surface area contributed by atoms with Gasteiger partial charge in [0.05, 0.1) is 5.54 Å². The zero-order valence-electron chi connectivity index (χ0n) is 44.5. The van der Waals surface area contributed by atoms with E-state index in [2.05, 4.69) is 244 Å². The lowest BCUT2D eigenvalue weighted by atomic mass is 9.33. The average Bonchev–Trinajstić information content (AvgIpc) is 3.52. The molecule has 0 spiro atoms. The van der Waals surface area contributed by atoms with Crippen molar-refractivity contribution in [1.29, 1.82) is 0 Å². The van der Waals surface area contributed by atoms with E-state index in [-0.39, 0.29) is 39.3 Å². The molecule has 2 unspecified atom stereocenters. The van der Waals surface area contributed by atoms with Gasteiger partial charge in [-0.15, -0.1) is 0 Å². The number of pyridine rings is 1. The molecule has 0 bridgehead atoms. The van der Waals surface area contributed by atoms with Gasteiger partial charge in [-0.2, -0.15) is 0 Å². The first-order valence-corrected chi connectivity index (χ1v) is 26.1. The minimum atomic E-state index is -0.164. The van der Waals surface area contributed by atoms with E-state index >= 15 is 0 Å². The maximum atomic E-state index is 4.54. The molecule has 70 heavy (non-hydrogen) atoms. The Balaban J connectivity index is 1.25. The van der Waals surface area contributed by atoms with Crippen molar-refractivity contribution in [2.24, 2.45) is 0 Å². The van der Waals surface area contributed by atoms with Crippen LogP contribution in [0.15, 0.2) is 140 Å². The van der Waals surface area contributed by atoms with E-state index < -0.39 is 0 Å². The molecule has 356 valence electrons. The van der Waals surface area contributed by atoms with Gasteiger partial charge in [-0.25, -0.2) is 0 Å². The van der Waals surface area contributed by atoms with Crippen molar-refractivity contribution >= 4 is 68.6 Å². The van der Waals surface area contributed by atoms with E-state index in [9.17, 15) is 0 Å². The Morgan fingerprint density at radius 3 is 1.40 bits per heavy atom. The number of rotatable bonds is 4. The number of aromatic nitrogens is 1. The smallest absolute Gasteiger partial charge is 0.252 e. The number of hydrogen-bond donors (Lipinski definition) is 0. The van der Waals surface area contributed by atoms with Crippen molar-refractivity contribution in [2.75, 3.05) is 14.7 Å². The zero-order valence-corrected chi connectivity index (χ0v) is 44.5. The first-order valence-electron chi connectivity index (χ1n) is 26.1. The molecule has 1 aliphatic carbocycles. The second-order valence-electron chi connectivity index (χ2n) is 25.8. The Labute approximate surface area is 420 Å².